The van der Waals surface area contributed by atoms with Crippen molar-refractivity contribution in [3.8, 4) is 0 Å². The summed E-state index contributed by atoms with van der Waals surface area (Å²) >= 11 is 0. The minimum absolute atomic E-state index is 0.244. The molecular weight excluding hydrogens is 366 g/mol. The molecule has 29 heavy (non-hydrogen) atoms. The average Bonchev–Trinajstić information content (AvgIpc) is 3.42. The fraction of sp³-hybridized carbons (Fsp3) is 0.773. The van der Waals surface area contributed by atoms with E-state index < -0.39 is 0 Å². The number of carbonyl (C=O) groups is 1. The molecule has 3 fully saturated rings. The minimum Gasteiger partial charge on any atom is -0.376 e. The van der Waals surface area contributed by atoms with Crippen LogP contribution in [0.1, 0.15) is 56.2 Å². The van der Waals surface area contributed by atoms with Crippen LogP contribution in [0.25, 0.3) is 0 Å². The predicted octanol–water partition coefficient (Wildman–Crippen LogP) is 2.40. The van der Waals surface area contributed by atoms with E-state index in [1.54, 1.807) is 0 Å². The Kier molecular flexibility index (Phi) is 5.10. The van der Waals surface area contributed by atoms with Gasteiger partial charge in [-0.2, -0.15) is 4.98 Å². The van der Waals surface area contributed by atoms with Gasteiger partial charge in [0, 0.05) is 51.8 Å². The zero-order valence-electron chi connectivity index (χ0n) is 17.6. The molecule has 1 aromatic heterocycles. The highest BCUT2D eigenvalue weighted by atomic mass is 16.5. The third-order valence-corrected chi connectivity index (χ3v) is 7.46. The van der Waals surface area contributed by atoms with Crippen molar-refractivity contribution in [1.82, 2.24) is 14.9 Å². The number of nitrogens with one attached hydrogen (secondary N) is 1. The normalized spacial score (nSPS) is 26.2. The number of rotatable bonds is 4. The van der Waals surface area contributed by atoms with Crippen LogP contribution < -0.4 is 10.2 Å². The van der Waals surface area contributed by atoms with Crippen LogP contribution in [-0.4, -0.2) is 66.7 Å². The Morgan fingerprint density at radius 3 is 2.76 bits per heavy atom. The lowest BCUT2D eigenvalue weighted by Crippen LogP contribution is -2.53. The van der Waals surface area contributed by atoms with E-state index in [4.69, 9.17) is 14.7 Å². The van der Waals surface area contributed by atoms with Gasteiger partial charge >= 0.3 is 0 Å². The molecular formula is C22H33N5O2. The summed E-state index contributed by atoms with van der Waals surface area (Å²) < 4.78 is 5.79. The molecule has 3 saturated heterocycles. The van der Waals surface area contributed by atoms with E-state index >= 15 is 0 Å². The Bertz CT molecular complexity index is 769. The standard InChI is InChI=1S/C22H33N5O2/c1-23-20-17-5-2-6-18(17)24-21(25-20)26-11-9-22(10-12-26)8-7-19(28)27(15-22)14-16-4-3-13-29-16/h16H,2-15H2,1H3,(H,23,24,25)/t16-/m0/s1. The Balaban J connectivity index is 1.25. The lowest BCUT2D eigenvalue weighted by atomic mass is 9.72. The average molecular weight is 400 g/mol. The van der Waals surface area contributed by atoms with Crippen molar-refractivity contribution < 1.29 is 9.53 Å². The van der Waals surface area contributed by atoms with Crippen molar-refractivity contribution >= 4 is 17.7 Å². The third kappa shape index (κ3) is 3.69. The van der Waals surface area contributed by atoms with Crippen LogP contribution in [0.4, 0.5) is 11.8 Å². The van der Waals surface area contributed by atoms with E-state index in [9.17, 15) is 4.79 Å². The summed E-state index contributed by atoms with van der Waals surface area (Å²) in [5.41, 5.74) is 2.79. The van der Waals surface area contributed by atoms with Gasteiger partial charge in [-0.25, -0.2) is 4.98 Å². The second-order valence-electron chi connectivity index (χ2n) is 9.30. The molecule has 1 atom stereocenters. The molecule has 1 aromatic rings. The molecule has 0 radical (unpaired) electrons. The van der Waals surface area contributed by atoms with Gasteiger partial charge in [-0.1, -0.05) is 0 Å². The van der Waals surface area contributed by atoms with Crippen LogP contribution in [-0.2, 0) is 22.4 Å². The second-order valence-corrected chi connectivity index (χ2v) is 9.30. The molecule has 0 bridgehead atoms. The summed E-state index contributed by atoms with van der Waals surface area (Å²) in [5, 5.41) is 3.27. The van der Waals surface area contributed by atoms with E-state index in [1.807, 2.05) is 7.05 Å². The zero-order valence-corrected chi connectivity index (χ0v) is 17.6. The second kappa shape index (κ2) is 7.74. The molecule has 4 aliphatic rings. The number of hydrogen-bond donors (Lipinski definition) is 1. The first-order valence-electron chi connectivity index (χ1n) is 11.4. The summed E-state index contributed by atoms with van der Waals surface area (Å²) in [4.78, 5) is 26.7. The lowest BCUT2D eigenvalue weighted by molar-refractivity contribution is -0.140. The van der Waals surface area contributed by atoms with Crippen LogP contribution in [0.2, 0.25) is 0 Å². The molecule has 0 unspecified atom stereocenters. The van der Waals surface area contributed by atoms with Gasteiger partial charge in [0.15, 0.2) is 0 Å². The summed E-state index contributed by atoms with van der Waals surface area (Å²) in [6, 6.07) is 0. The van der Waals surface area contributed by atoms with Crippen LogP contribution in [0.15, 0.2) is 0 Å². The van der Waals surface area contributed by atoms with E-state index in [0.717, 1.165) is 89.5 Å². The van der Waals surface area contributed by atoms with Crippen LogP contribution in [0, 0.1) is 5.41 Å². The SMILES string of the molecule is CNc1nc(N2CCC3(CCC(=O)N(C[C@@H]4CCCO4)C3)CC2)nc2c1CCC2. The number of amides is 1. The number of likely N-dealkylation sites (tertiary alicyclic amines) is 1. The van der Waals surface area contributed by atoms with Gasteiger partial charge in [0.05, 0.1) is 11.8 Å². The molecule has 158 valence electrons. The number of carbonyl (C=O) groups excluding carboxylic acids is 1. The van der Waals surface area contributed by atoms with E-state index in [-0.39, 0.29) is 11.5 Å². The number of aromatic nitrogens is 2. The third-order valence-electron chi connectivity index (χ3n) is 7.46. The van der Waals surface area contributed by atoms with Crippen LogP contribution in [0.5, 0.6) is 0 Å². The predicted molar refractivity (Wildman–Crippen MR) is 112 cm³/mol. The topological polar surface area (TPSA) is 70.6 Å². The smallest absolute Gasteiger partial charge is 0.227 e. The van der Waals surface area contributed by atoms with Crippen molar-refractivity contribution in [3.63, 3.8) is 0 Å². The molecule has 5 rings (SSSR count). The molecule has 1 N–H and O–H groups in total. The summed E-state index contributed by atoms with van der Waals surface area (Å²) in [6.07, 6.45) is 9.72. The highest BCUT2D eigenvalue weighted by Crippen LogP contribution is 2.41. The first-order chi connectivity index (χ1) is 14.2. The number of aryl methyl sites for hydroxylation is 1. The van der Waals surface area contributed by atoms with Crippen molar-refractivity contribution in [2.45, 2.75) is 63.9 Å². The number of piperidine rings is 2. The van der Waals surface area contributed by atoms with Gasteiger partial charge in [0.25, 0.3) is 0 Å². The largest absolute Gasteiger partial charge is 0.376 e. The number of anilines is 2. The van der Waals surface area contributed by atoms with Gasteiger partial charge in [-0.3, -0.25) is 4.79 Å². The van der Waals surface area contributed by atoms with E-state index in [0.29, 0.717) is 12.3 Å². The lowest BCUT2D eigenvalue weighted by Gasteiger charge is -2.47. The summed E-state index contributed by atoms with van der Waals surface area (Å²) in [5.74, 6) is 2.20. The van der Waals surface area contributed by atoms with Crippen LogP contribution >= 0.6 is 0 Å². The molecule has 7 nitrogen and oxygen atoms in total. The van der Waals surface area contributed by atoms with Gasteiger partial charge < -0.3 is 19.9 Å². The van der Waals surface area contributed by atoms with Crippen LogP contribution in [0.3, 0.4) is 0 Å². The quantitative estimate of drug-likeness (QED) is 0.838. The van der Waals surface area contributed by atoms with Crippen molar-refractivity contribution in [2.24, 2.45) is 5.41 Å². The van der Waals surface area contributed by atoms with Gasteiger partial charge in [0.1, 0.15) is 5.82 Å². The van der Waals surface area contributed by atoms with Crippen molar-refractivity contribution in [1.29, 1.82) is 0 Å². The molecule has 1 spiro atoms. The van der Waals surface area contributed by atoms with Crippen molar-refractivity contribution in [3.05, 3.63) is 11.3 Å². The first kappa shape index (κ1) is 19.1. The Morgan fingerprint density at radius 2 is 2.00 bits per heavy atom. The number of nitrogens with zero attached hydrogens (tertiary/aromatic N) is 4. The first-order valence-corrected chi connectivity index (χ1v) is 11.4. The highest BCUT2D eigenvalue weighted by Gasteiger charge is 2.42. The molecule has 4 heterocycles. The van der Waals surface area contributed by atoms with E-state index in [1.165, 1.54) is 17.7 Å². The molecule has 1 amide bonds. The fourth-order valence-electron chi connectivity index (χ4n) is 5.66. The zero-order chi connectivity index (χ0) is 19.8. The maximum absolute atomic E-state index is 12.5. The fourth-order valence-corrected chi connectivity index (χ4v) is 5.66. The number of hydrogen-bond acceptors (Lipinski definition) is 6. The van der Waals surface area contributed by atoms with Gasteiger partial charge in [-0.15, -0.1) is 0 Å². The van der Waals surface area contributed by atoms with Gasteiger partial charge in [0.2, 0.25) is 11.9 Å². The van der Waals surface area contributed by atoms with Crippen molar-refractivity contribution in [2.75, 3.05) is 50.1 Å². The molecule has 0 aromatic carbocycles. The maximum Gasteiger partial charge on any atom is 0.227 e. The maximum atomic E-state index is 12.5. The molecule has 3 aliphatic heterocycles. The summed E-state index contributed by atoms with van der Waals surface area (Å²) in [6.45, 7) is 4.48. The monoisotopic (exact) mass is 399 g/mol. The molecule has 0 saturated carbocycles. The summed E-state index contributed by atoms with van der Waals surface area (Å²) in [7, 11) is 1.96. The molecule has 7 heteroatoms. The van der Waals surface area contributed by atoms with E-state index in [2.05, 4.69) is 15.1 Å². The number of fused-ring (bicyclic) bond motifs is 1. The Morgan fingerprint density at radius 1 is 1.14 bits per heavy atom. The minimum atomic E-state index is 0.244. The Labute approximate surface area is 173 Å². The Hall–Kier alpha value is -1.89. The molecule has 1 aliphatic carbocycles. The van der Waals surface area contributed by atoms with Gasteiger partial charge in [-0.05, 0) is 56.8 Å². The number of ether oxygens (including phenoxy) is 1. The highest BCUT2D eigenvalue weighted by molar-refractivity contribution is 5.77.